The van der Waals surface area contributed by atoms with Crippen molar-refractivity contribution in [1.82, 2.24) is 28.8 Å². The van der Waals surface area contributed by atoms with Crippen molar-refractivity contribution in [2.75, 3.05) is 18.5 Å². The lowest BCUT2D eigenvalue weighted by atomic mass is 9.87. The van der Waals surface area contributed by atoms with Crippen LogP contribution in [0.3, 0.4) is 0 Å². The number of anilines is 2. The fourth-order valence-electron chi connectivity index (χ4n) is 6.00. The molecule has 1 aliphatic heterocycles. The lowest BCUT2D eigenvalue weighted by Crippen LogP contribution is -2.44. The van der Waals surface area contributed by atoms with Crippen molar-refractivity contribution in [1.29, 1.82) is 0 Å². The minimum Gasteiger partial charge on any atom is -0.488 e. The number of fused-ring (bicyclic) bond motifs is 5. The summed E-state index contributed by atoms with van der Waals surface area (Å²) in [7, 11) is 0. The first-order valence-electron chi connectivity index (χ1n) is 14.7. The highest BCUT2D eigenvalue weighted by Crippen LogP contribution is 2.53. The number of aromatic nitrogens is 5. The topological polar surface area (TPSA) is 116 Å². The van der Waals surface area contributed by atoms with E-state index in [-0.39, 0.29) is 23.1 Å². The average Bonchev–Trinajstić information content (AvgIpc) is 3.63. The fraction of sp³-hybridized carbons (Fsp3) is 0.303. The van der Waals surface area contributed by atoms with Crippen molar-refractivity contribution >= 4 is 45.9 Å². The van der Waals surface area contributed by atoms with E-state index in [2.05, 4.69) is 27.9 Å². The van der Waals surface area contributed by atoms with Crippen LogP contribution >= 0.6 is 11.6 Å². The molecule has 1 amide bonds. The molecule has 2 aliphatic rings. The second-order valence-corrected chi connectivity index (χ2v) is 12.9. The van der Waals surface area contributed by atoms with Gasteiger partial charge in [0.05, 0.1) is 17.3 Å². The molecule has 2 aromatic carbocycles. The van der Waals surface area contributed by atoms with Gasteiger partial charge in [0.2, 0.25) is 0 Å². The first kappa shape index (κ1) is 28.8. The summed E-state index contributed by atoms with van der Waals surface area (Å²) in [6, 6.07) is 11.4. The van der Waals surface area contributed by atoms with E-state index >= 15 is 0 Å². The number of carbonyl (C=O) groups excluding carboxylic acids is 1. The van der Waals surface area contributed by atoms with Crippen LogP contribution in [0.5, 0.6) is 5.75 Å². The van der Waals surface area contributed by atoms with E-state index in [9.17, 15) is 9.59 Å². The van der Waals surface area contributed by atoms with Crippen molar-refractivity contribution < 1.29 is 14.3 Å². The molecule has 0 unspecified atom stereocenters. The number of carbonyl (C=O) groups is 1. The highest BCUT2D eigenvalue weighted by molar-refractivity contribution is 6.34. The number of nitrogens with zero attached hydrogens (tertiary/aromatic N) is 6. The minimum atomic E-state index is -0.568. The Bertz CT molecular complexity index is 2060. The van der Waals surface area contributed by atoms with Gasteiger partial charge in [0.25, 0.3) is 0 Å². The highest BCUT2D eigenvalue weighted by atomic mass is 35.5. The van der Waals surface area contributed by atoms with Crippen molar-refractivity contribution in [2.24, 2.45) is 0 Å². The molecule has 0 atom stereocenters. The van der Waals surface area contributed by atoms with Crippen LogP contribution in [0.1, 0.15) is 44.7 Å². The van der Waals surface area contributed by atoms with E-state index in [0.717, 1.165) is 24.1 Å². The summed E-state index contributed by atoms with van der Waals surface area (Å²) >= 11 is 6.73. The zero-order valence-electron chi connectivity index (χ0n) is 25.2. The molecule has 1 spiro atoms. The third kappa shape index (κ3) is 5.16. The van der Waals surface area contributed by atoms with Crippen LogP contribution < -0.4 is 15.7 Å². The second kappa shape index (κ2) is 10.6. The van der Waals surface area contributed by atoms with Gasteiger partial charge in [0, 0.05) is 30.4 Å². The normalized spacial score (nSPS) is 15.2. The Hall–Kier alpha value is -4.90. The number of benzene rings is 2. The Kier molecular flexibility index (Phi) is 6.81. The van der Waals surface area contributed by atoms with Crippen molar-refractivity contribution in [2.45, 2.75) is 51.2 Å². The van der Waals surface area contributed by atoms with Gasteiger partial charge < -0.3 is 19.7 Å². The summed E-state index contributed by atoms with van der Waals surface area (Å²) in [4.78, 5) is 42.2. The van der Waals surface area contributed by atoms with E-state index < -0.39 is 11.3 Å². The molecule has 3 aromatic heterocycles. The van der Waals surface area contributed by atoms with Crippen LogP contribution in [0.15, 0.2) is 72.6 Å². The lowest BCUT2D eigenvalue weighted by Gasteiger charge is -2.36. The summed E-state index contributed by atoms with van der Waals surface area (Å²) in [5.74, 6) is 0.881. The van der Waals surface area contributed by atoms with Crippen molar-refractivity contribution in [3.8, 4) is 11.4 Å². The summed E-state index contributed by atoms with van der Waals surface area (Å²) in [5, 5.41) is 4.19. The Morgan fingerprint density at radius 1 is 1.20 bits per heavy atom. The Balaban J connectivity index is 1.26. The van der Waals surface area contributed by atoms with E-state index in [0.29, 0.717) is 47.0 Å². The molecule has 230 valence electrons. The maximum atomic E-state index is 14.0. The average molecular weight is 626 g/mol. The zero-order chi connectivity index (χ0) is 31.5. The van der Waals surface area contributed by atoms with Gasteiger partial charge in [0.15, 0.2) is 11.3 Å². The van der Waals surface area contributed by atoms with Gasteiger partial charge >= 0.3 is 11.8 Å². The third-order valence-corrected chi connectivity index (χ3v) is 8.48. The van der Waals surface area contributed by atoms with Crippen LogP contribution in [0, 0.1) is 0 Å². The number of hydrogen-bond donors (Lipinski definition) is 1. The van der Waals surface area contributed by atoms with Crippen molar-refractivity contribution in [3.63, 3.8) is 0 Å². The van der Waals surface area contributed by atoms with E-state index in [1.165, 1.54) is 20.9 Å². The van der Waals surface area contributed by atoms with Crippen LogP contribution in [0.25, 0.3) is 22.4 Å². The standard InChI is InChI=1S/C33H32ClN7O4/c1-5-13-44-25-8-6-7-24(27(25)34)41-28-22(15-35-19-36-28)29-38-26(17-40(29)30(41)42)37-21-9-10-23-20(14-21)16-39(18-33(23)11-12-33)31(43)45-32(2,3)4/h5-10,14-15,17,19,37H,1,11-13,16,18H2,2-4H3. The van der Waals surface area contributed by atoms with E-state index in [1.54, 1.807) is 41.6 Å². The molecule has 11 nitrogen and oxygen atoms in total. The van der Waals surface area contributed by atoms with Crippen molar-refractivity contribution in [3.05, 3.63) is 94.4 Å². The van der Waals surface area contributed by atoms with Gasteiger partial charge in [-0.25, -0.2) is 33.5 Å². The number of ether oxygens (including phenoxy) is 2. The zero-order valence-corrected chi connectivity index (χ0v) is 26.0. The third-order valence-electron chi connectivity index (χ3n) is 8.10. The summed E-state index contributed by atoms with van der Waals surface area (Å²) < 4.78 is 14.3. The minimum absolute atomic E-state index is 0.0224. The molecule has 0 radical (unpaired) electrons. The second-order valence-electron chi connectivity index (χ2n) is 12.5. The monoisotopic (exact) mass is 625 g/mol. The summed E-state index contributed by atoms with van der Waals surface area (Å²) in [5.41, 5.74) is 3.29. The van der Waals surface area contributed by atoms with Gasteiger partial charge in [-0.05, 0) is 69.0 Å². The van der Waals surface area contributed by atoms with Gasteiger partial charge in [0.1, 0.15) is 35.1 Å². The molecular formula is C33H32ClN7O4. The number of halogens is 1. The fourth-order valence-corrected chi connectivity index (χ4v) is 6.26. The van der Waals surface area contributed by atoms with Crippen LogP contribution in [-0.2, 0) is 16.7 Å². The number of hydrogen-bond acceptors (Lipinski definition) is 8. The maximum Gasteiger partial charge on any atom is 0.410 e. The molecule has 1 N–H and O–H groups in total. The number of nitrogens with one attached hydrogen (secondary N) is 1. The van der Waals surface area contributed by atoms with Gasteiger partial charge in [-0.2, -0.15) is 0 Å². The van der Waals surface area contributed by atoms with Crippen LogP contribution in [-0.4, -0.2) is 53.7 Å². The van der Waals surface area contributed by atoms with Gasteiger partial charge in [-0.15, -0.1) is 0 Å². The Morgan fingerprint density at radius 3 is 2.78 bits per heavy atom. The SMILES string of the molecule is C=CCOc1cccc(-n2c(=O)n3cc(Nc4ccc5c(c4)CN(C(=O)OC(C)(C)C)CC54CC4)nc3c3cncnc32)c1Cl. The van der Waals surface area contributed by atoms with Crippen LogP contribution in [0.4, 0.5) is 16.3 Å². The van der Waals surface area contributed by atoms with E-state index in [1.807, 2.05) is 32.9 Å². The smallest absolute Gasteiger partial charge is 0.410 e. The summed E-state index contributed by atoms with van der Waals surface area (Å²) in [6.07, 6.45) is 8.02. The van der Waals surface area contributed by atoms with Gasteiger partial charge in [-0.3, -0.25) is 0 Å². The molecule has 0 saturated heterocycles. The Labute approximate surface area is 264 Å². The molecule has 12 heteroatoms. The first-order chi connectivity index (χ1) is 21.6. The molecule has 7 rings (SSSR count). The number of rotatable bonds is 6. The predicted octanol–water partition coefficient (Wildman–Crippen LogP) is 6.17. The Morgan fingerprint density at radius 2 is 2.02 bits per heavy atom. The van der Waals surface area contributed by atoms with Crippen LogP contribution in [0.2, 0.25) is 5.02 Å². The highest BCUT2D eigenvalue weighted by Gasteiger charge is 2.50. The molecule has 0 bridgehead atoms. The largest absolute Gasteiger partial charge is 0.488 e. The molecule has 4 heterocycles. The quantitative estimate of drug-likeness (QED) is 0.223. The molecule has 45 heavy (non-hydrogen) atoms. The maximum absolute atomic E-state index is 14.0. The molecule has 1 fully saturated rings. The molecule has 5 aromatic rings. The lowest BCUT2D eigenvalue weighted by molar-refractivity contribution is 0.0197. The summed E-state index contributed by atoms with van der Waals surface area (Å²) in [6.45, 7) is 10.7. The molecule has 1 aliphatic carbocycles. The number of amides is 1. The van der Waals surface area contributed by atoms with Gasteiger partial charge in [-0.1, -0.05) is 36.4 Å². The number of imidazole rings is 1. The predicted molar refractivity (Wildman–Crippen MR) is 172 cm³/mol. The molecule has 1 saturated carbocycles. The van der Waals surface area contributed by atoms with E-state index in [4.69, 9.17) is 26.1 Å². The first-order valence-corrected chi connectivity index (χ1v) is 15.1. The molecular weight excluding hydrogens is 594 g/mol.